The Morgan fingerprint density at radius 2 is 1.96 bits per heavy atom. The minimum absolute atomic E-state index is 0.168. The highest BCUT2D eigenvalue weighted by atomic mass is 32.2. The predicted octanol–water partition coefficient (Wildman–Crippen LogP) is 4.66. The Hall–Kier alpha value is -2.53. The molecule has 0 saturated heterocycles. The first-order valence-electron chi connectivity index (χ1n) is 7.10. The second kappa shape index (κ2) is 7.57. The van der Waals surface area contributed by atoms with E-state index in [0.717, 1.165) is 5.56 Å². The number of hydrogen-bond acceptors (Lipinski definition) is 5. The molecule has 0 fully saturated rings. The molecule has 8 heteroatoms. The zero-order valence-electron chi connectivity index (χ0n) is 13.3. The maximum absolute atomic E-state index is 12.1. The Balaban J connectivity index is 2.12. The Kier molecular flexibility index (Phi) is 5.69. The highest BCUT2D eigenvalue weighted by Gasteiger charge is 2.30. The van der Waals surface area contributed by atoms with Gasteiger partial charge in [0.15, 0.2) is 5.78 Å². The topological polar surface area (TPSA) is 63.0 Å². The number of nitrogens with zero attached hydrogens (tertiary/aromatic N) is 2. The molecule has 0 aliphatic carbocycles. The van der Waals surface area contributed by atoms with Crippen molar-refractivity contribution in [2.75, 3.05) is 0 Å². The van der Waals surface area contributed by atoms with Crippen molar-refractivity contribution in [2.45, 2.75) is 31.0 Å². The van der Waals surface area contributed by atoms with Crippen molar-refractivity contribution < 1.29 is 22.7 Å². The van der Waals surface area contributed by atoms with E-state index in [1.807, 2.05) is 6.07 Å². The number of ether oxygens (including phenoxy) is 1. The van der Waals surface area contributed by atoms with Crippen LogP contribution in [0.5, 0.6) is 5.75 Å². The van der Waals surface area contributed by atoms with Gasteiger partial charge in [-0.3, -0.25) is 4.79 Å². The first-order chi connectivity index (χ1) is 11.7. The van der Waals surface area contributed by atoms with Gasteiger partial charge >= 0.3 is 6.36 Å². The fourth-order valence-corrected chi connectivity index (χ4v) is 3.03. The molecule has 2 rings (SSSR count). The second-order valence-corrected chi connectivity index (χ2v) is 6.09. The maximum Gasteiger partial charge on any atom is 0.573 e. The molecule has 25 heavy (non-hydrogen) atoms. The van der Waals surface area contributed by atoms with Gasteiger partial charge in [-0.25, -0.2) is 4.98 Å². The number of carbonyl (C=O) groups excluding carboxylic acids is 1. The van der Waals surface area contributed by atoms with Gasteiger partial charge in [-0.2, -0.15) is 5.26 Å². The number of aromatic nitrogens is 1. The number of Topliss-reactive ketones (excluding diaryl/α,β-unsaturated/α-hetero) is 1. The second-order valence-electron chi connectivity index (χ2n) is 5.12. The number of rotatable bonds is 5. The fourth-order valence-electron chi connectivity index (χ4n) is 2.07. The average Bonchev–Trinajstić information content (AvgIpc) is 2.52. The third-order valence-electron chi connectivity index (χ3n) is 3.21. The van der Waals surface area contributed by atoms with E-state index in [4.69, 9.17) is 0 Å². The van der Waals surface area contributed by atoms with Crippen molar-refractivity contribution in [3.63, 3.8) is 0 Å². The van der Waals surface area contributed by atoms with Gasteiger partial charge in [-0.1, -0.05) is 12.1 Å². The Labute approximate surface area is 146 Å². The third-order valence-corrected chi connectivity index (χ3v) is 4.27. The van der Waals surface area contributed by atoms with Crippen LogP contribution in [0.25, 0.3) is 0 Å². The SMILES string of the molecule is CC(=O)c1cc(C#N)c(SCc2ccc(OC(F)(F)F)cc2)nc1C. The molecule has 0 bridgehead atoms. The number of hydrogen-bond donors (Lipinski definition) is 0. The van der Waals surface area contributed by atoms with Gasteiger partial charge in [0.25, 0.3) is 0 Å². The summed E-state index contributed by atoms with van der Waals surface area (Å²) in [6, 6.07) is 8.99. The molecule has 1 aromatic carbocycles. The summed E-state index contributed by atoms with van der Waals surface area (Å²) in [5.41, 5.74) is 1.97. The van der Waals surface area contributed by atoms with Gasteiger partial charge in [-0.05, 0) is 37.6 Å². The summed E-state index contributed by atoms with van der Waals surface area (Å²) >= 11 is 1.27. The molecule has 0 aliphatic rings. The minimum atomic E-state index is -4.72. The fraction of sp³-hybridized carbons (Fsp3) is 0.235. The van der Waals surface area contributed by atoms with Crippen LogP contribution in [0.2, 0.25) is 0 Å². The lowest BCUT2D eigenvalue weighted by Crippen LogP contribution is -2.16. The molecule has 2 aromatic rings. The number of alkyl halides is 3. The number of pyridine rings is 1. The van der Waals surface area contributed by atoms with Gasteiger partial charge in [0.1, 0.15) is 16.8 Å². The number of carbonyl (C=O) groups is 1. The number of aryl methyl sites for hydroxylation is 1. The van der Waals surface area contributed by atoms with Crippen molar-refractivity contribution in [1.82, 2.24) is 4.98 Å². The molecular formula is C17H13F3N2O2S. The van der Waals surface area contributed by atoms with E-state index >= 15 is 0 Å². The van der Waals surface area contributed by atoms with Crippen LogP contribution in [0.15, 0.2) is 35.4 Å². The first kappa shape index (κ1) is 18.8. The molecule has 1 heterocycles. The number of ketones is 1. The smallest absolute Gasteiger partial charge is 0.406 e. The van der Waals surface area contributed by atoms with E-state index in [1.54, 1.807) is 6.92 Å². The third kappa shape index (κ3) is 5.22. The van der Waals surface area contributed by atoms with E-state index in [0.29, 0.717) is 22.0 Å². The van der Waals surface area contributed by atoms with Gasteiger partial charge < -0.3 is 4.74 Å². The average molecular weight is 366 g/mol. The van der Waals surface area contributed by atoms with E-state index in [2.05, 4.69) is 9.72 Å². The monoisotopic (exact) mass is 366 g/mol. The Morgan fingerprint density at radius 3 is 2.48 bits per heavy atom. The normalized spacial score (nSPS) is 11.0. The van der Waals surface area contributed by atoms with E-state index in [9.17, 15) is 23.2 Å². The number of benzene rings is 1. The van der Waals surface area contributed by atoms with Gasteiger partial charge in [0.05, 0.1) is 5.56 Å². The molecule has 0 aliphatic heterocycles. The van der Waals surface area contributed by atoms with Crippen LogP contribution in [0.4, 0.5) is 13.2 Å². The summed E-state index contributed by atoms with van der Waals surface area (Å²) in [4.78, 5) is 15.8. The van der Waals surface area contributed by atoms with Gasteiger partial charge in [-0.15, -0.1) is 24.9 Å². The number of halogens is 3. The quantitative estimate of drug-likeness (QED) is 0.569. The molecule has 0 saturated carbocycles. The number of thioether (sulfide) groups is 1. The lowest BCUT2D eigenvalue weighted by Gasteiger charge is -2.10. The molecular weight excluding hydrogens is 353 g/mol. The highest BCUT2D eigenvalue weighted by Crippen LogP contribution is 2.28. The molecule has 0 amide bonds. The van der Waals surface area contributed by atoms with Crippen LogP contribution in [0.1, 0.15) is 34.1 Å². The van der Waals surface area contributed by atoms with Crippen LogP contribution in [0.3, 0.4) is 0 Å². The molecule has 0 N–H and O–H groups in total. The minimum Gasteiger partial charge on any atom is -0.406 e. The summed E-state index contributed by atoms with van der Waals surface area (Å²) in [6.07, 6.45) is -4.72. The summed E-state index contributed by atoms with van der Waals surface area (Å²) < 4.78 is 40.2. The molecule has 0 unspecified atom stereocenters. The summed E-state index contributed by atoms with van der Waals surface area (Å²) in [6.45, 7) is 3.09. The zero-order chi connectivity index (χ0) is 18.6. The van der Waals surface area contributed by atoms with Gasteiger partial charge in [0, 0.05) is 17.0 Å². The first-order valence-corrected chi connectivity index (χ1v) is 8.08. The van der Waals surface area contributed by atoms with Crippen molar-refractivity contribution in [1.29, 1.82) is 5.26 Å². The summed E-state index contributed by atoms with van der Waals surface area (Å²) in [7, 11) is 0. The van der Waals surface area contributed by atoms with Crippen LogP contribution >= 0.6 is 11.8 Å². The van der Waals surface area contributed by atoms with Crippen molar-refractivity contribution in [3.05, 3.63) is 52.7 Å². The van der Waals surface area contributed by atoms with E-state index < -0.39 is 6.36 Å². The van der Waals surface area contributed by atoms with Crippen LogP contribution in [-0.4, -0.2) is 17.1 Å². The van der Waals surface area contributed by atoms with E-state index in [-0.39, 0.29) is 17.1 Å². The van der Waals surface area contributed by atoms with Crippen molar-refractivity contribution in [2.24, 2.45) is 0 Å². The van der Waals surface area contributed by atoms with Crippen LogP contribution < -0.4 is 4.74 Å². The molecule has 1 aromatic heterocycles. The van der Waals surface area contributed by atoms with Crippen LogP contribution in [-0.2, 0) is 5.75 Å². The largest absolute Gasteiger partial charge is 0.573 e. The standard InChI is InChI=1S/C17H13F3N2O2S/c1-10-15(11(2)23)7-13(8-21)16(22-10)25-9-12-3-5-14(6-4-12)24-17(18,19)20/h3-7H,9H2,1-2H3. The molecule has 130 valence electrons. The lowest BCUT2D eigenvalue weighted by atomic mass is 10.1. The van der Waals surface area contributed by atoms with E-state index in [1.165, 1.54) is 49.0 Å². The lowest BCUT2D eigenvalue weighted by molar-refractivity contribution is -0.274. The molecule has 0 spiro atoms. The summed E-state index contributed by atoms with van der Waals surface area (Å²) in [5, 5.41) is 9.69. The molecule has 0 radical (unpaired) electrons. The highest BCUT2D eigenvalue weighted by molar-refractivity contribution is 7.98. The van der Waals surface area contributed by atoms with Crippen LogP contribution in [0, 0.1) is 18.3 Å². The predicted molar refractivity (Wildman–Crippen MR) is 86.4 cm³/mol. The Morgan fingerprint density at radius 1 is 1.32 bits per heavy atom. The maximum atomic E-state index is 12.1. The van der Waals surface area contributed by atoms with Crippen molar-refractivity contribution in [3.8, 4) is 11.8 Å². The van der Waals surface area contributed by atoms with Crippen molar-refractivity contribution >= 4 is 17.5 Å². The summed E-state index contributed by atoms with van der Waals surface area (Å²) in [5.74, 6) is -0.0515. The molecule has 4 nitrogen and oxygen atoms in total. The zero-order valence-corrected chi connectivity index (χ0v) is 14.2. The number of nitriles is 1. The molecule has 0 atom stereocenters. The van der Waals surface area contributed by atoms with Gasteiger partial charge in [0.2, 0.25) is 0 Å². The Bertz CT molecular complexity index is 828.